The first-order chi connectivity index (χ1) is 18.7. The number of aryl methyl sites for hydroxylation is 1. The molecule has 0 radical (unpaired) electrons. The molecule has 0 aliphatic carbocycles. The van der Waals surface area contributed by atoms with Gasteiger partial charge in [-0.2, -0.15) is 13.2 Å². The molecule has 0 unspecified atom stereocenters. The largest absolute Gasteiger partial charge is 0.416 e. The maximum absolute atomic E-state index is 14.2. The summed E-state index contributed by atoms with van der Waals surface area (Å²) in [6.45, 7) is 0.611. The van der Waals surface area contributed by atoms with Crippen LogP contribution in [-0.4, -0.2) is 27.8 Å². The number of carbonyl (C=O) groups excluding carboxylic acids is 2. The van der Waals surface area contributed by atoms with Gasteiger partial charge in [0.25, 0.3) is 18.2 Å². The van der Waals surface area contributed by atoms with Crippen LogP contribution in [0.1, 0.15) is 49.3 Å². The fourth-order valence-corrected chi connectivity index (χ4v) is 4.94. The van der Waals surface area contributed by atoms with Crippen molar-refractivity contribution in [3.8, 4) is 0 Å². The van der Waals surface area contributed by atoms with Gasteiger partial charge in [0.15, 0.2) is 0 Å². The lowest BCUT2D eigenvalue weighted by Crippen LogP contribution is -2.21. The minimum Gasteiger partial charge on any atom is -0.341 e. The van der Waals surface area contributed by atoms with E-state index >= 15 is 0 Å². The lowest BCUT2D eigenvalue weighted by Gasteiger charge is -2.19. The van der Waals surface area contributed by atoms with Crippen LogP contribution < -0.4 is 10.6 Å². The Bertz CT molecular complexity index is 1700. The minimum absolute atomic E-state index is 0.00351. The Morgan fingerprint density at radius 1 is 1.12 bits per heavy atom. The average Bonchev–Trinajstić information content (AvgIpc) is 3.36. The van der Waals surface area contributed by atoms with Gasteiger partial charge < -0.3 is 15.2 Å². The molecule has 208 valence electrons. The molecule has 3 aromatic carbocycles. The van der Waals surface area contributed by atoms with E-state index in [0.29, 0.717) is 12.1 Å². The molecule has 1 aliphatic heterocycles. The van der Waals surface area contributed by atoms with Gasteiger partial charge in [0.1, 0.15) is 23.0 Å². The van der Waals surface area contributed by atoms with E-state index in [1.807, 2.05) is 0 Å². The van der Waals surface area contributed by atoms with Gasteiger partial charge >= 0.3 is 6.18 Å². The minimum atomic E-state index is -4.95. The second-order valence-corrected chi connectivity index (χ2v) is 9.40. The molecule has 14 heteroatoms. The molecule has 0 bridgehead atoms. The SMILES string of the molecule is Cc1nc2c3c(c(NC(=O)c4cc(F)cc(C(F)(F)F)c4)cc2n1CC(F)F)[C@H](c1cc(F)ccc1Cl)NC3=O. The fraction of sp³-hybridized carbons (Fsp3) is 0.192. The van der Waals surface area contributed by atoms with Crippen LogP contribution in [0.3, 0.4) is 0 Å². The van der Waals surface area contributed by atoms with Crippen LogP contribution in [0.5, 0.6) is 0 Å². The van der Waals surface area contributed by atoms with E-state index in [1.54, 1.807) is 0 Å². The molecule has 0 saturated heterocycles. The van der Waals surface area contributed by atoms with Crippen molar-refractivity contribution >= 4 is 40.1 Å². The Morgan fingerprint density at radius 2 is 1.85 bits per heavy atom. The number of hydrogen-bond acceptors (Lipinski definition) is 3. The normalized spacial score (nSPS) is 15.1. The molecule has 2 N–H and O–H groups in total. The summed E-state index contributed by atoms with van der Waals surface area (Å²) in [4.78, 5) is 30.6. The van der Waals surface area contributed by atoms with Gasteiger partial charge in [0.05, 0.1) is 29.2 Å². The Labute approximate surface area is 225 Å². The molecule has 2 heterocycles. The quantitative estimate of drug-likeness (QED) is 0.258. The van der Waals surface area contributed by atoms with Crippen molar-refractivity contribution in [3.05, 3.63) is 92.8 Å². The van der Waals surface area contributed by atoms with E-state index in [4.69, 9.17) is 11.6 Å². The molecule has 1 aromatic heterocycles. The number of aromatic nitrogens is 2. The van der Waals surface area contributed by atoms with Crippen molar-refractivity contribution in [3.63, 3.8) is 0 Å². The van der Waals surface area contributed by atoms with Crippen molar-refractivity contribution in [2.45, 2.75) is 32.1 Å². The van der Waals surface area contributed by atoms with Gasteiger partial charge in [-0.25, -0.2) is 22.5 Å². The fourth-order valence-electron chi connectivity index (χ4n) is 4.71. The first-order valence-corrected chi connectivity index (χ1v) is 11.9. The highest BCUT2D eigenvalue weighted by Crippen LogP contribution is 2.43. The molecule has 0 spiro atoms. The zero-order valence-corrected chi connectivity index (χ0v) is 20.9. The van der Waals surface area contributed by atoms with Gasteiger partial charge in [-0.3, -0.25) is 9.59 Å². The third-order valence-electron chi connectivity index (χ3n) is 6.39. The van der Waals surface area contributed by atoms with Crippen molar-refractivity contribution < 1.29 is 40.3 Å². The smallest absolute Gasteiger partial charge is 0.341 e. The lowest BCUT2D eigenvalue weighted by atomic mass is 9.95. The van der Waals surface area contributed by atoms with Crippen LogP contribution in [0.4, 0.5) is 36.4 Å². The summed E-state index contributed by atoms with van der Waals surface area (Å²) < 4.78 is 95.7. The number of hydrogen-bond donors (Lipinski definition) is 2. The molecule has 0 saturated carbocycles. The van der Waals surface area contributed by atoms with Gasteiger partial charge in [0.2, 0.25) is 0 Å². The number of nitrogens with one attached hydrogen (secondary N) is 2. The lowest BCUT2D eigenvalue weighted by molar-refractivity contribution is -0.137. The number of alkyl halides is 5. The Hall–Kier alpha value is -4.13. The molecule has 0 fully saturated rings. The summed E-state index contributed by atoms with van der Waals surface area (Å²) in [5.41, 5.74) is -2.31. The highest BCUT2D eigenvalue weighted by Gasteiger charge is 2.38. The summed E-state index contributed by atoms with van der Waals surface area (Å²) in [7, 11) is 0. The maximum Gasteiger partial charge on any atom is 0.416 e. The third kappa shape index (κ3) is 4.85. The van der Waals surface area contributed by atoms with Gasteiger partial charge in [-0.15, -0.1) is 0 Å². The molecule has 6 nitrogen and oxygen atoms in total. The van der Waals surface area contributed by atoms with Crippen LogP contribution in [0.25, 0.3) is 11.0 Å². The molecule has 40 heavy (non-hydrogen) atoms. The molecular formula is C26H16ClF7N4O2. The number of benzene rings is 3. The van der Waals surface area contributed by atoms with Crippen LogP contribution in [0.15, 0.2) is 42.5 Å². The number of amides is 2. The summed E-state index contributed by atoms with van der Waals surface area (Å²) >= 11 is 6.27. The zero-order valence-electron chi connectivity index (χ0n) is 20.1. The van der Waals surface area contributed by atoms with Crippen LogP contribution in [0, 0.1) is 18.6 Å². The highest BCUT2D eigenvalue weighted by molar-refractivity contribution is 6.31. The van der Waals surface area contributed by atoms with Crippen LogP contribution in [0.2, 0.25) is 5.02 Å². The van der Waals surface area contributed by atoms with Gasteiger partial charge in [0, 0.05) is 27.4 Å². The van der Waals surface area contributed by atoms with Crippen molar-refractivity contribution in [2.24, 2.45) is 0 Å². The number of anilines is 1. The second-order valence-electron chi connectivity index (χ2n) is 8.99. The van der Waals surface area contributed by atoms with Crippen molar-refractivity contribution in [1.82, 2.24) is 14.9 Å². The standard InChI is InChI=1S/C26H16ClF7N4O2/c1-10-35-23-18(38(10)9-19(30)31)8-17(36-24(39)11-4-12(26(32,33)34)6-14(29)5-11)20-21(23)25(40)37-22(20)15-7-13(28)2-3-16(15)27/h2-8,19,22H,9H2,1H3,(H,36,39)(H,37,40)/t22-/m0/s1. The number of fused-ring (bicyclic) bond motifs is 3. The first-order valence-electron chi connectivity index (χ1n) is 11.5. The second kappa shape index (κ2) is 9.81. The molecule has 1 aliphatic rings. The molecule has 1 atom stereocenters. The summed E-state index contributed by atoms with van der Waals surface area (Å²) in [6.07, 6.45) is -7.77. The number of nitrogens with zero attached hydrogens (tertiary/aromatic N) is 2. The van der Waals surface area contributed by atoms with Gasteiger partial charge in [-0.1, -0.05) is 11.6 Å². The Morgan fingerprint density at radius 3 is 2.52 bits per heavy atom. The number of carbonyl (C=O) groups is 2. The molecular weight excluding hydrogens is 569 g/mol. The van der Waals surface area contributed by atoms with E-state index in [0.717, 1.165) is 16.7 Å². The van der Waals surface area contributed by atoms with E-state index in [2.05, 4.69) is 15.6 Å². The first kappa shape index (κ1) is 27.4. The topological polar surface area (TPSA) is 76.0 Å². The van der Waals surface area contributed by atoms with Crippen molar-refractivity contribution in [2.75, 3.05) is 5.32 Å². The molecule has 4 aromatic rings. The highest BCUT2D eigenvalue weighted by atomic mass is 35.5. The number of rotatable bonds is 5. The maximum atomic E-state index is 14.2. The van der Waals surface area contributed by atoms with Crippen molar-refractivity contribution in [1.29, 1.82) is 0 Å². The van der Waals surface area contributed by atoms with E-state index < -0.39 is 59.8 Å². The third-order valence-corrected chi connectivity index (χ3v) is 6.74. The molecule has 2 amide bonds. The monoisotopic (exact) mass is 584 g/mol. The predicted molar refractivity (Wildman–Crippen MR) is 131 cm³/mol. The zero-order chi connectivity index (χ0) is 29.1. The average molecular weight is 585 g/mol. The van der Waals surface area contributed by atoms with Gasteiger partial charge in [-0.05, 0) is 49.4 Å². The Balaban J connectivity index is 1.72. The Kier molecular flexibility index (Phi) is 6.73. The number of halogens is 8. The summed E-state index contributed by atoms with van der Waals surface area (Å²) in [6, 6.07) is 4.65. The van der Waals surface area contributed by atoms with E-state index in [1.165, 1.54) is 19.1 Å². The molecule has 5 rings (SSSR count). The van der Waals surface area contributed by atoms with E-state index in [9.17, 15) is 40.3 Å². The summed E-state index contributed by atoms with van der Waals surface area (Å²) in [5, 5.41) is 5.02. The van der Waals surface area contributed by atoms with Crippen LogP contribution in [-0.2, 0) is 12.7 Å². The summed E-state index contributed by atoms with van der Waals surface area (Å²) in [5.74, 6) is -3.85. The van der Waals surface area contributed by atoms with E-state index in [-0.39, 0.29) is 50.3 Å². The number of imidazole rings is 1. The van der Waals surface area contributed by atoms with Crippen LogP contribution >= 0.6 is 11.6 Å². The predicted octanol–water partition coefficient (Wildman–Crippen LogP) is 6.65.